The molecular formula is C13H16O3. The van der Waals surface area contributed by atoms with Gasteiger partial charge in [0, 0.05) is 0 Å². The van der Waals surface area contributed by atoms with Crippen LogP contribution < -0.4 is 4.74 Å². The number of ether oxygens (including phenoxy) is 1. The molecule has 0 saturated heterocycles. The fourth-order valence-electron chi connectivity index (χ4n) is 2.38. The summed E-state index contributed by atoms with van der Waals surface area (Å²) in [5.41, 5.74) is 1.23. The Balaban J connectivity index is 2.05. The second-order valence-corrected chi connectivity index (χ2v) is 4.32. The normalized spacial score (nSPS) is 24.3. The SMILES string of the molecule is COc1ccc([C@H]2CC[C@@H](C(=O)O)C2)cc1. The van der Waals surface area contributed by atoms with Gasteiger partial charge < -0.3 is 9.84 Å². The predicted molar refractivity (Wildman–Crippen MR) is 60.7 cm³/mol. The molecule has 1 aromatic carbocycles. The van der Waals surface area contributed by atoms with Crippen LogP contribution >= 0.6 is 0 Å². The van der Waals surface area contributed by atoms with Crippen molar-refractivity contribution in [3.8, 4) is 5.75 Å². The smallest absolute Gasteiger partial charge is 0.306 e. The molecule has 86 valence electrons. The van der Waals surface area contributed by atoms with Crippen molar-refractivity contribution < 1.29 is 14.6 Å². The number of rotatable bonds is 3. The molecule has 3 heteroatoms. The van der Waals surface area contributed by atoms with E-state index in [4.69, 9.17) is 9.84 Å². The highest BCUT2D eigenvalue weighted by atomic mass is 16.5. The Bertz CT molecular complexity index is 369. The lowest BCUT2D eigenvalue weighted by Crippen LogP contribution is -2.09. The number of hydrogen-bond acceptors (Lipinski definition) is 2. The van der Waals surface area contributed by atoms with Gasteiger partial charge in [-0.1, -0.05) is 12.1 Å². The molecular weight excluding hydrogens is 204 g/mol. The summed E-state index contributed by atoms with van der Waals surface area (Å²) in [4.78, 5) is 10.9. The van der Waals surface area contributed by atoms with Crippen LogP contribution in [0.3, 0.4) is 0 Å². The Morgan fingerprint density at radius 2 is 2.00 bits per heavy atom. The second-order valence-electron chi connectivity index (χ2n) is 4.32. The average Bonchev–Trinajstić information content (AvgIpc) is 2.78. The van der Waals surface area contributed by atoms with Gasteiger partial charge >= 0.3 is 5.97 Å². The lowest BCUT2D eigenvalue weighted by Gasteiger charge is -2.10. The first kappa shape index (κ1) is 11.0. The highest BCUT2D eigenvalue weighted by molar-refractivity contribution is 5.70. The van der Waals surface area contributed by atoms with Crippen molar-refractivity contribution in [2.24, 2.45) is 5.92 Å². The fourth-order valence-corrected chi connectivity index (χ4v) is 2.38. The molecule has 0 heterocycles. The fraction of sp³-hybridized carbons (Fsp3) is 0.462. The number of aliphatic carboxylic acids is 1. The lowest BCUT2D eigenvalue weighted by atomic mass is 9.96. The molecule has 0 spiro atoms. The minimum Gasteiger partial charge on any atom is -0.497 e. The number of carboxylic acids is 1. The Morgan fingerprint density at radius 3 is 2.50 bits per heavy atom. The first-order chi connectivity index (χ1) is 7.70. The zero-order valence-corrected chi connectivity index (χ0v) is 9.35. The number of carboxylic acid groups (broad SMARTS) is 1. The van der Waals surface area contributed by atoms with E-state index in [1.165, 1.54) is 5.56 Å². The highest BCUT2D eigenvalue weighted by Crippen LogP contribution is 2.38. The van der Waals surface area contributed by atoms with E-state index in [2.05, 4.69) is 0 Å². The molecule has 0 aliphatic heterocycles. The summed E-state index contributed by atoms with van der Waals surface area (Å²) in [5.74, 6) is 0.423. The number of benzene rings is 1. The van der Waals surface area contributed by atoms with E-state index in [9.17, 15) is 4.79 Å². The summed E-state index contributed by atoms with van der Waals surface area (Å²) < 4.78 is 5.10. The zero-order chi connectivity index (χ0) is 11.5. The summed E-state index contributed by atoms with van der Waals surface area (Å²) in [6.07, 6.45) is 2.54. The average molecular weight is 220 g/mol. The third kappa shape index (κ3) is 2.18. The monoisotopic (exact) mass is 220 g/mol. The summed E-state index contributed by atoms with van der Waals surface area (Å²) >= 11 is 0. The molecule has 1 aliphatic rings. The van der Waals surface area contributed by atoms with Crippen LogP contribution in [-0.2, 0) is 4.79 Å². The summed E-state index contributed by atoms with van der Waals surface area (Å²) in [7, 11) is 1.64. The van der Waals surface area contributed by atoms with Gasteiger partial charge in [0.15, 0.2) is 0 Å². The molecule has 0 amide bonds. The highest BCUT2D eigenvalue weighted by Gasteiger charge is 2.30. The predicted octanol–water partition coefficient (Wildman–Crippen LogP) is 2.66. The number of carbonyl (C=O) groups is 1. The van der Waals surface area contributed by atoms with E-state index in [-0.39, 0.29) is 5.92 Å². The topological polar surface area (TPSA) is 46.5 Å². The number of methoxy groups -OCH3 is 1. The van der Waals surface area contributed by atoms with Crippen LogP contribution in [-0.4, -0.2) is 18.2 Å². The summed E-state index contributed by atoms with van der Waals surface area (Å²) in [5, 5.41) is 8.94. The van der Waals surface area contributed by atoms with Gasteiger partial charge in [0.25, 0.3) is 0 Å². The van der Waals surface area contributed by atoms with Crippen molar-refractivity contribution in [3.05, 3.63) is 29.8 Å². The molecule has 0 bridgehead atoms. The molecule has 1 aliphatic carbocycles. The van der Waals surface area contributed by atoms with Crippen molar-refractivity contribution in [3.63, 3.8) is 0 Å². The van der Waals surface area contributed by atoms with Crippen molar-refractivity contribution in [2.75, 3.05) is 7.11 Å². The van der Waals surface area contributed by atoms with Gasteiger partial charge in [-0.2, -0.15) is 0 Å². The van der Waals surface area contributed by atoms with Crippen LogP contribution in [0.1, 0.15) is 30.7 Å². The molecule has 1 fully saturated rings. The Morgan fingerprint density at radius 1 is 1.31 bits per heavy atom. The maximum atomic E-state index is 10.9. The Hall–Kier alpha value is -1.51. The third-order valence-electron chi connectivity index (χ3n) is 3.37. The van der Waals surface area contributed by atoms with Crippen LogP contribution in [0, 0.1) is 5.92 Å². The van der Waals surface area contributed by atoms with Gasteiger partial charge in [-0.15, -0.1) is 0 Å². The van der Waals surface area contributed by atoms with Crippen LogP contribution in [0.5, 0.6) is 5.75 Å². The molecule has 1 N–H and O–H groups in total. The molecule has 16 heavy (non-hydrogen) atoms. The van der Waals surface area contributed by atoms with Crippen LogP contribution in [0.15, 0.2) is 24.3 Å². The molecule has 0 aromatic heterocycles. The quantitative estimate of drug-likeness (QED) is 0.851. The van der Waals surface area contributed by atoms with E-state index < -0.39 is 5.97 Å². The molecule has 0 radical (unpaired) electrons. The Kier molecular flexibility index (Phi) is 3.13. The third-order valence-corrected chi connectivity index (χ3v) is 3.37. The van der Waals surface area contributed by atoms with Gasteiger partial charge in [0.05, 0.1) is 13.0 Å². The van der Waals surface area contributed by atoms with Crippen LogP contribution in [0.25, 0.3) is 0 Å². The summed E-state index contributed by atoms with van der Waals surface area (Å²) in [6.45, 7) is 0. The molecule has 2 atom stereocenters. The standard InChI is InChI=1S/C13H16O3/c1-16-12-6-4-9(5-7-12)10-2-3-11(8-10)13(14)15/h4-7,10-11H,2-3,8H2,1H3,(H,14,15)/t10-,11+/m0/s1. The van der Waals surface area contributed by atoms with E-state index in [1.54, 1.807) is 7.11 Å². The lowest BCUT2D eigenvalue weighted by molar-refractivity contribution is -0.141. The van der Waals surface area contributed by atoms with Crippen molar-refractivity contribution in [2.45, 2.75) is 25.2 Å². The summed E-state index contributed by atoms with van der Waals surface area (Å²) in [6, 6.07) is 7.94. The van der Waals surface area contributed by atoms with Gasteiger partial charge in [0.1, 0.15) is 5.75 Å². The minimum atomic E-state index is -0.656. The first-order valence-corrected chi connectivity index (χ1v) is 5.57. The van der Waals surface area contributed by atoms with Crippen LogP contribution in [0.4, 0.5) is 0 Å². The maximum Gasteiger partial charge on any atom is 0.306 e. The van der Waals surface area contributed by atoms with Gasteiger partial charge in [-0.3, -0.25) is 4.79 Å². The van der Waals surface area contributed by atoms with Crippen molar-refractivity contribution >= 4 is 5.97 Å². The minimum absolute atomic E-state index is 0.160. The number of hydrogen-bond donors (Lipinski definition) is 1. The van der Waals surface area contributed by atoms with Crippen LogP contribution in [0.2, 0.25) is 0 Å². The van der Waals surface area contributed by atoms with Gasteiger partial charge in [0.2, 0.25) is 0 Å². The van der Waals surface area contributed by atoms with E-state index in [0.29, 0.717) is 5.92 Å². The largest absolute Gasteiger partial charge is 0.497 e. The molecule has 3 nitrogen and oxygen atoms in total. The van der Waals surface area contributed by atoms with Gasteiger partial charge in [-0.05, 0) is 42.9 Å². The molecule has 1 saturated carbocycles. The first-order valence-electron chi connectivity index (χ1n) is 5.57. The Labute approximate surface area is 95.0 Å². The second kappa shape index (κ2) is 4.56. The van der Waals surface area contributed by atoms with Crippen molar-refractivity contribution in [1.82, 2.24) is 0 Å². The molecule has 2 rings (SSSR count). The maximum absolute atomic E-state index is 10.9. The zero-order valence-electron chi connectivity index (χ0n) is 9.35. The van der Waals surface area contributed by atoms with Crippen molar-refractivity contribution in [1.29, 1.82) is 0 Å². The van der Waals surface area contributed by atoms with E-state index in [1.807, 2.05) is 24.3 Å². The van der Waals surface area contributed by atoms with E-state index >= 15 is 0 Å². The molecule has 1 aromatic rings. The van der Waals surface area contributed by atoms with E-state index in [0.717, 1.165) is 25.0 Å². The molecule has 0 unspecified atom stereocenters. The van der Waals surface area contributed by atoms with Gasteiger partial charge in [-0.25, -0.2) is 0 Å².